The number of hydrogen-bond acceptors (Lipinski definition) is 6. The molecule has 2 aromatic rings. The average Bonchev–Trinajstić information content (AvgIpc) is 2.93. The van der Waals surface area contributed by atoms with Crippen LogP contribution in [0.1, 0.15) is 15.4 Å². The number of aromatic nitrogens is 2. The Labute approximate surface area is 126 Å². The van der Waals surface area contributed by atoms with Crippen molar-refractivity contribution in [2.24, 2.45) is 0 Å². The SMILES string of the molecule is O=C(O)c1nc(-c2cccnc2)sc1CN1CCNCC1. The molecule has 0 saturated carbocycles. The van der Waals surface area contributed by atoms with Gasteiger partial charge < -0.3 is 10.4 Å². The fraction of sp³-hybridized carbons (Fsp3) is 0.357. The van der Waals surface area contributed by atoms with Gasteiger partial charge in [0.25, 0.3) is 0 Å². The highest BCUT2D eigenvalue weighted by Gasteiger charge is 2.21. The maximum Gasteiger partial charge on any atom is 0.355 e. The molecule has 0 unspecified atom stereocenters. The molecule has 0 atom stereocenters. The minimum atomic E-state index is -0.966. The number of nitrogens with one attached hydrogen (secondary N) is 1. The van der Waals surface area contributed by atoms with Gasteiger partial charge in [-0.2, -0.15) is 0 Å². The van der Waals surface area contributed by atoms with Crippen molar-refractivity contribution >= 4 is 17.3 Å². The van der Waals surface area contributed by atoms with Gasteiger partial charge in [-0.05, 0) is 12.1 Å². The van der Waals surface area contributed by atoms with Gasteiger partial charge in [-0.1, -0.05) is 0 Å². The molecule has 1 aliphatic heterocycles. The molecule has 1 aliphatic rings. The lowest BCUT2D eigenvalue weighted by Gasteiger charge is -2.26. The van der Waals surface area contributed by atoms with Crippen molar-refractivity contribution in [1.82, 2.24) is 20.2 Å². The number of aromatic carboxylic acids is 1. The van der Waals surface area contributed by atoms with E-state index in [1.54, 1.807) is 12.4 Å². The van der Waals surface area contributed by atoms with E-state index in [1.165, 1.54) is 11.3 Å². The number of hydrogen-bond donors (Lipinski definition) is 2. The Kier molecular flexibility index (Phi) is 4.23. The van der Waals surface area contributed by atoms with E-state index < -0.39 is 5.97 Å². The molecule has 1 fully saturated rings. The summed E-state index contributed by atoms with van der Waals surface area (Å²) in [5, 5.41) is 13.4. The largest absolute Gasteiger partial charge is 0.476 e. The summed E-state index contributed by atoms with van der Waals surface area (Å²) in [6, 6.07) is 3.72. The van der Waals surface area contributed by atoms with Crippen molar-refractivity contribution < 1.29 is 9.90 Å². The fourth-order valence-electron chi connectivity index (χ4n) is 2.31. The number of carboxylic acid groups (broad SMARTS) is 1. The van der Waals surface area contributed by atoms with Gasteiger partial charge in [0.05, 0.1) is 4.88 Å². The monoisotopic (exact) mass is 304 g/mol. The summed E-state index contributed by atoms with van der Waals surface area (Å²) in [6.45, 7) is 4.38. The van der Waals surface area contributed by atoms with E-state index in [0.29, 0.717) is 11.6 Å². The lowest BCUT2D eigenvalue weighted by atomic mass is 10.3. The molecule has 7 heteroatoms. The van der Waals surface area contributed by atoms with Crippen molar-refractivity contribution in [3.05, 3.63) is 35.1 Å². The third-order valence-corrected chi connectivity index (χ3v) is 4.47. The van der Waals surface area contributed by atoms with Crippen LogP contribution in [0.2, 0.25) is 0 Å². The summed E-state index contributed by atoms with van der Waals surface area (Å²) in [5.41, 5.74) is 1.02. The van der Waals surface area contributed by atoms with E-state index in [9.17, 15) is 9.90 Å². The van der Waals surface area contributed by atoms with Crippen LogP contribution in [0.5, 0.6) is 0 Å². The molecule has 6 nitrogen and oxygen atoms in total. The number of carboxylic acids is 1. The van der Waals surface area contributed by atoms with Crippen LogP contribution in [0, 0.1) is 0 Å². The highest BCUT2D eigenvalue weighted by Crippen LogP contribution is 2.28. The van der Waals surface area contributed by atoms with Gasteiger partial charge in [-0.25, -0.2) is 9.78 Å². The first kappa shape index (κ1) is 14.1. The second kappa shape index (κ2) is 6.30. The molecule has 0 amide bonds. The number of nitrogens with zero attached hydrogens (tertiary/aromatic N) is 3. The van der Waals surface area contributed by atoms with Crippen molar-refractivity contribution in [2.75, 3.05) is 26.2 Å². The Morgan fingerprint density at radius 1 is 1.43 bits per heavy atom. The fourth-order valence-corrected chi connectivity index (χ4v) is 3.40. The first-order valence-corrected chi connectivity index (χ1v) is 7.62. The van der Waals surface area contributed by atoms with Gasteiger partial charge in [-0.3, -0.25) is 9.88 Å². The van der Waals surface area contributed by atoms with E-state index >= 15 is 0 Å². The lowest BCUT2D eigenvalue weighted by Crippen LogP contribution is -2.42. The number of carbonyl (C=O) groups is 1. The van der Waals surface area contributed by atoms with Crippen LogP contribution in [-0.2, 0) is 6.54 Å². The van der Waals surface area contributed by atoms with Gasteiger partial charge in [0.15, 0.2) is 5.69 Å². The zero-order valence-corrected chi connectivity index (χ0v) is 12.3. The standard InChI is InChI=1S/C14H16N4O2S/c19-14(20)12-11(9-18-6-4-15-5-7-18)21-13(17-12)10-2-1-3-16-8-10/h1-3,8,15H,4-7,9H2,(H,19,20). The average molecular weight is 304 g/mol. The highest BCUT2D eigenvalue weighted by molar-refractivity contribution is 7.15. The van der Waals surface area contributed by atoms with Crippen LogP contribution < -0.4 is 5.32 Å². The van der Waals surface area contributed by atoms with Gasteiger partial charge in [-0.15, -0.1) is 11.3 Å². The minimum Gasteiger partial charge on any atom is -0.476 e. The van der Waals surface area contributed by atoms with Crippen LogP contribution in [0.25, 0.3) is 10.6 Å². The molecule has 110 valence electrons. The van der Waals surface area contributed by atoms with Gasteiger partial charge >= 0.3 is 5.97 Å². The van der Waals surface area contributed by atoms with Gasteiger partial charge in [0, 0.05) is 50.7 Å². The Bertz CT molecular complexity index is 623. The van der Waals surface area contributed by atoms with Crippen LogP contribution in [0.4, 0.5) is 0 Å². The number of thiazole rings is 1. The molecule has 2 N–H and O–H groups in total. The smallest absolute Gasteiger partial charge is 0.355 e. The third kappa shape index (κ3) is 3.26. The van der Waals surface area contributed by atoms with Crippen LogP contribution in [0.3, 0.4) is 0 Å². The predicted octanol–water partition coefficient (Wildman–Crippen LogP) is 1.31. The van der Waals surface area contributed by atoms with E-state index in [-0.39, 0.29) is 5.69 Å². The number of rotatable bonds is 4. The zero-order chi connectivity index (χ0) is 14.7. The molecule has 0 bridgehead atoms. The van der Waals surface area contributed by atoms with E-state index in [4.69, 9.17) is 0 Å². The number of pyridine rings is 1. The molecule has 1 saturated heterocycles. The minimum absolute atomic E-state index is 0.164. The zero-order valence-electron chi connectivity index (χ0n) is 11.5. The van der Waals surface area contributed by atoms with Gasteiger partial charge in [0.1, 0.15) is 5.01 Å². The van der Waals surface area contributed by atoms with Crippen molar-refractivity contribution in [3.63, 3.8) is 0 Å². The molecule has 0 aliphatic carbocycles. The Hall–Kier alpha value is -1.83. The molecule has 3 heterocycles. The number of piperazine rings is 1. The van der Waals surface area contributed by atoms with Crippen molar-refractivity contribution in [1.29, 1.82) is 0 Å². The van der Waals surface area contributed by atoms with E-state index in [1.807, 2.05) is 12.1 Å². The predicted molar refractivity (Wildman–Crippen MR) is 80.5 cm³/mol. The van der Waals surface area contributed by atoms with E-state index in [2.05, 4.69) is 20.2 Å². The van der Waals surface area contributed by atoms with Crippen LogP contribution in [0.15, 0.2) is 24.5 Å². The maximum atomic E-state index is 11.4. The van der Waals surface area contributed by atoms with Gasteiger partial charge in [0.2, 0.25) is 0 Å². The Morgan fingerprint density at radius 2 is 2.24 bits per heavy atom. The second-order valence-electron chi connectivity index (χ2n) is 4.86. The molecule has 21 heavy (non-hydrogen) atoms. The molecular weight excluding hydrogens is 288 g/mol. The van der Waals surface area contributed by atoms with Crippen LogP contribution >= 0.6 is 11.3 Å². The summed E-state index contributed by atoms with van der Waals surface area (Å²) in [6.07, 6.45) is 3.40. The topological polar surface area (TPSA) is 78.3 Å². The second-order valence-corrected chi connectivity index (χ2v) is 5.95. The lowest BCUT2D eigenvalue weighted by molar-refractivity contribution is 0.0689. The van der Waals surface area contributed by atoms with E-state index in [0.717, 1.165) is 36.6 Å². The summed E-state index contributed by atoms with van der Waals surface area (Å²) < 4.78 is 0. The molecule has 0 radical (unpaired) electrons. The summed E-state index contributed by atoms with van der Waals surface area (Å²) in [5.74, 6) is -0.966. The molecular formula is C14H16N4O2S. The third-order valence-electron chi connectivity index (χ3n) is 3.39. The Morgan fingerprint density at radius 3 is 2.90 bits per heavy atom. The molecule has 2 aromatic heterocycles. The highest BCUT2D eigenvalue weighted by atomic mass is 32.1. The van der Waals surface area contributed by atoms with Crippen molar-refractivity contribution in [3.8, 4) is 10.6 Å². The quantitative estimate of drug-likeness (QED) is 0.887. The normalized spacial score (nSPS) is 16.0. The molecule has 0 spiro atoms. The van der Waals surface area contributed by atoms with Crippen molar-refractivity contribution in [2.45, 2.75) is 6.54 Å². The molecule has 3 rings (SSSR count). The summed E-state index contributed by atoms with van der Waals surface area (Å²) in [4.78, 5) is 22.8. The van der Waals surface area contributed by atoms with Crippen LogP contribution in [-0.4, -0.2) is 52.1 Å². The maximum absolute atomic E-state index is 11.4. The molecule has 0 aromatic carbocycles. The first-order valence-electron chi connectivity index (χ1n) is 6.80. The Balaban J connectivity index is 1.88. The summed E-state index contributed by atoms with van der Waals surface area (Å²) >= 11 is 1.44. The summed E-state index contributed by atoms with van der Waals surface area (Å²) in [7, 11) is 0. The first-order chi connectivity index (χ1) is 10.2.